The molecule has 2 heterocycles. The molecule has 1 aliphatic rings. The maximum Gasteiger partial charge on any atom is 0.327 e. The zero-order valence-electron chi connectivity index (χ0n) is 12.1. The predicted octanol–water partition coefficient (Wildman–Crippen LogP) is 1.23. The van der Waals surface area contributed by atoms with Crippen molar-refractivity contribution >= 4 is 17.6 Å². The van der Waals surface area contributed by atoms with Crippen molar-refractivity contribution in [1.29, 1.82) is 0 Å². The Hall–Kier alpha value is -1.11. The minimum atomic E-state index is -0.881. The zero-order chi connectivity index (χ0) is 14.9. The zero-order valence-corrected chi connectivity index (χ0v) is 12.8. The molecule has 1 unspecified atom stereocenters. The lowest BCUT2D eigenvalue weighted by atomic mass is 10.1. The van der Waals surface area contributed by atoms with E-state index in [0.29, 0.717) is 11.7 Å². The van der Waals surface area contributed by atoms with Crippen molar-refractivity contribution in [2.45, 2.75) is 25.9 Å². The first kappa shape index (κ1) is 15.3. The molecule has 2 rings (SSSR count). The Labute approximate surface area is 123 Å². The van der Waals surface area contributed by atoms with Crippen LogP contribution in [0.4, 0.5) is 0 Å². The van der Waals surface area contributed by atoms with Gasteiger partial charge in [0.15, 0.2) is 11.2 Å². The molecule has 7 heteroatoms. The molecule has 6 nitrogen and oxygen atoms in total. The van der Waals surface area contributed by atoms with Gasteiger partial charge in [-0.15, -0.1) is 0 Å². The van der Waals surface area contributed by atoms with E-state index in [2.05, 4.69) is 23.7 Å². The molecule has 0 amide bonds. The lowest BCUT2D eigenvalue weighted by Crippen LogP contribution is -2.51. The first-order chi connectivity index (χ1) is 9.41. The van der Waals surface area contributed by atoms with Gasteiger partial charge in [0.05, 0.1) is 12.0 Å². The van der Waals surface area contributed by atoms with E-state index in [1.54, 1.807) is 17.9 Å². The number of hydrogen-bond donors (Lipinski definition) is 1. The van der Waals surface area contributed by atoms with Crippen LogP contribution in [0.3, 0.4) is 0 Å². The van der Waals surface area contributed by atoms with Gasteiger partial charge in [0.25, 0.3) is 0 Å². The predicted molar refractivity (Wildman–Crippen MR) is 76.9 cm³/mol. The molecule has 1 fully saturated rings. The third-order valence-electron chi connectivity index (χ3n) is 3.87. The van der Waals surface area contributed by atoms with Crippen LogP contribution in [0.25, 0.3) is 0 Å². The highest BCUT2D eigenvalue weighted by Crippen LogP contribution is 2.27. The summed E-state index contributed by atoms with van der Waals surface area (Å²) in [6.07, 6.45) is 1.55. The van der Waals surface area contributed by atoms with Crippen LogP contribution in [0, 0.1) is 0 Å². The van der Waals surface area contributed by atoms with Crippen molar-refractivity contribution in [2.24, 2.45) is 7.05 Å². The van der Waals surface area contributed by atoms with E-state index in [1.165, 1.54) is 0 Å². The van der Waals surface area contributed by atoms with Crippen LogP contribution >= 0.6 is 11.6 Å². The molecule has 1 atom stereocenters. The van der Waals surface area contributed by atoms with Gasteiger partial charge in [-0.2, -0.15) is 0 Å². The quantitative estimate of drug-likeness (QED) is 0.906. The van der Waals surface area contributed by atoms with Crippen molar-refractivity contribution in [3.63, 3.8) is 0 Å². The number of piperazine rings is 1. The van der Waals surface area contributed by atoms with Crippen LogP contribution in [-0.2, 0) is 11.8 Å². The SMILES string of the molecule is CC(C)N1CCN(C(C(=O)O)c2c(Cl)ncn2C)CC1. The monoisotopic (exact) mass is 300 g/mol. The lowest BCUT2D eigenvalue weighted by molar-refractivity contribution is -0.144. The summed E-state index contributed by atoms with van der Waals surface area (Å²) in [5.74, 6) is -0.881. The first-order valence-electron chi connectivity index (χ1n) is 6.79. The summed E-state index contributed by atoms with van der Waals surface area (Å²) < 4.78 is 1.69. The number of rotatable bonds is 4. The van der Waals surface area contributed by atoms with Gasteiger partial charge in [-0.3, -0.25) is 14.6 Å². The molecular formula is C13H21ClN4O2. The lowest BCUT2D eigenvalue weighted by Gasteiger charge is -2.39. The largest absolute Gasteiger partial charge is 0.480 e. The van der Waals surface area contributed by atoms with Gasteiger partial charge in [0.2, 0.25) is 0 Å². The van der Waals surface area contributed by atoms with Crippen molar-refractivity contribution in [3.05, 3.63) is 17.2 Å². The summed E-state index contributed by atoms with van der Waals surface area (Å²) in [6, 6.07) is -0.245. The average molecular weight is 301 g/mol. The topological polar surface area (TPSA) is 61.6 Å². The van der Waals surface area contributed by atoms with Gasteiger partial charge >= 0.3 is 5.97 Å². The van der Waals surface area contributed by atoms with E-state index >= 15 is 0 Å². The minimum absolute atomic E-state index is 0.270. The third-order valence-corrected chi connectivity index (χ3v) is 4.16. The van der Waals surface area contributed by atoms with E-state index in [0.717, 1.165) is 26.2 Å². The summed E-state index contributed by atoms with van der Waals surface area (Å²) in [4.78, 5) is 20.0. The van der Waals surface area contributed by atoms with Crippen LogP contribution in [0.2, 0.25) is 5.15 Å². The number of carbonyl (C=O) groups is 1. The van der Waals surface area contributed by atoms with Crippen LogP contribution in [0.15, 0.2) is 6.33 Å². The molecule has 0 saturated carbocycles. The van der Waals surface area contributed by atoms with E-state index in [4.69, 9.17) is 11.6 Å². The minimum Gasteiger partial charge on any atom is -0.480 e. The Morgan fingerprint density at radius 2 is 1.85 bits per heavy atom. The molecule has 1 saturated heterocycles. The number of carboxylic acids is 1. The van der Waals surface area contributed by atoms with Gasteiger partial charge in [0.1, 0.15) is 0 Å². The smallest absolute Gasteiger partial charge is 0.327 e. The number of hydrogen-bond acceptors (Lipinski definition) is 4. The molecule has 20 heavy (non-hydrogen) atoms. The fraction of sp³-hybridized carbons (Fsp3) is 0.692. The molecule has 1 aromatic rings. The Morgan fingerprint density at radius 3 is 2.25 bits per heavy atom. The molecule has 0 radical (unpaired) electrons. The highest BCUT2D eigenvalue weighted by molar-refractivity contribution is 6.30. The van der Waals surface area contributed by atoms with Gasteiger partial charge in [0, 0.05) is 39.3 Å². The highest BCUT2D eigenvalue weighted by atomic mass is 35.5. The number of carboxylic acid groups (broad SMARTS) is 1. The third kappa shape index (κ3) is 2.97. The van der Waals surface area contributed by atoms with Crippen LogP contribution < -0.4 is 0 Å². The molecule has 1 aliphatic heterocycles. The second kappa shape index (κ2) is 6.11. The number of halogens is 1. The van der Waals surface area contributed by atoms with Gasteiger partial charge in [-0.05, 0) is 13.8 Å². The molecular weight excluding hydrogens is 280 g/mol. The average Bonchev–Trinajstić information content (AvgIpc) is 2.71. The normalized spacial score (nSPS) is 19.4. The van der Waals surface area contributed by atoms with Crippen LogP contribution in [-0.4, -0.2) is 62.6 Å². The number of aliphatic carboxylic acids is 1. The standard InChI is InChI=1S/C13H21ClN4O2/c1-9(2)17-4-6-18(7-5-17)11(13(19)20)10-12(14)15-8-16(10)3/h8-9,11H,4-7H2,1-3H3,(H,19,20). The molecule has 112 valence electrons. The van der Waals surface area contributed by atoms with Crippen molar-refractivity contribution in [3.8, 4) is 0 Å². The summed E-state index contributed by atoms with van der Waals surface area (Å²) in [5, 5.41) is 9.84. The van der Waals surface area contributed by atoms with E-state index in [9.17, 15) is 9.90 Å². The first-order valence-corrected chi connectivity index (χ1v) is 7.17. The van der Waals surface area contributed by atoms with Crippen molar-refractivity contribution in [2.75, 3.05) is 26.2 Å². The van der Waals surface area contributed by atoms with E-state index in [1.807, 2.05) is 4.90 Å². The molecule has 1 aromatic heterocycles. The maximum atomic E-state index is 11.7. The van der Waals surface area contributed by atoms with Crippen LogP contribution in [0.1, 0.15) is 25.6 Å². The molecule has 0 spiro atoms. The van der Waals surface area contributed by atoms with Crippen molar-refractivity contribution < 1.29 is 9.90 Å². The fourth-order valence-electron chi connectivity index (χ4n) is 2.67. The second-order valence-corrected chi connectivity index (χ2v) is 5.80. The molecule has 1 N–H and O–H groups in total. The number of imidazole rings is 1. The van der Waals surface area contributed by atoms with Gasteiger partial charge in [-0.1, -0.05) is 11.6 Å². The summed E-state index contributed by atoms with van der Waals surface area (Å²) >= 11 is 6.05. The van der Waals surface area contributed by atoms with E-state index < -0.39 is 12.0 Å². The van der Waals surface area contributed by atoms with Crippen molar-refractivity contribution in [1.82, 2.24) is 19.4 Å². The molecule has 0 aromatic carbocycles. The Bertz CT molecular complexity index is 461. The Kier molecular flexibility index (Phi) is 4.67. The molecule has 0 aliphatic carbocycles. The van der Waals surface area contributed by atoms with Gasteiger partial charge in [-0.25, -0.2) is 4.98 Å². The van der Waals surface area contributed by atoms with E-state index in [-0.39, 0.29) is 5.15 Å². The Morgan fingerprint density at radius 1 is 1.30 bits per heavy atom. The summed E-state index contributed by atoms with van der Waals surface area (Å²) in [6.45, 7) is 7.49. The van der Waals surface area contributed by atoms with Gasteiger partial charge < -0.3 is 9.67 Å². The summed E-state index contributed by atoms with van der Waals surface area (Å²) in [7, 11) is 1.77. The molecule has 0 bridgehead atoms. The Balaban J connectivity index is 2.18. The fourth-order valence-corrected chi connectivity index (χ4v) is 2.96. The maximum absolute atomic E-state index is 11.7. The second-order valence-electron chi connectivity index (χ2n) is 5.44. The van der Waals surface area contributed by atoms with Crippen LogP contribution in [0.5, 0.6) is 0 Å². The number of nitrogens with zero attached hydrogens (tertiary/aromatic N) is 4. The number of aromatic nitrogens is 2. The summed E-state index contributed by atoms with van der Waals surface area (Å²) in [5.41, 5.74) is 0.553. The number of aryl methyl sites for hydroxylation is 1. The highest BCUT2D eigenvalue weighted by Gasteiger charge is 2.34.